The summed E-state index contributed by atoms with van der Waals surface area (Å²) in [6, 6.07) is 5.83. The third kappa shape index (κ3) is 6.19. The lowest BCUT2D eigenvalue weighted by Gasteiger charge is -2.44. The minimum Gasteiger partial charge on any atom is -0.508 e. The smallest absolute Gasteiger partial charge is 0.247 e. The molecule has 0 aromatic heterocycles. The van der Waals surface area contributed by atoms with Gasteiger partial charge in [0, 0.05) is 31.6 Å². The Balaban J connectivity index is 1.39. The average Bonchev–Trinajstić information content (AvgIpc) is 3.39. The molecule has 3 unspecified atom stereocenters. The van der Waals surface area contributed by atoms with Crippen LogP contribution in [0.1, 0.15) is 37.7 Å². The van der Waals surface area contributed by atoms with Crippen LogP contribution in [-0.2, 0) is 20.7 Å². The number of benzene rings is 1. The van der Waals surface area contributed by atoms with Crippen LogP contribution in [0.4, 0.5) is 4.39 Å². The molecule has 3 heterocycles. The van der Waals surface area contributed by atoms with Gasteiger partial charge in [-0.1, -0.05) is 6.58 Å². The number of likely N-dealkylation sites (tertiary alicyclic amines) is 1. The van der Waals surface area contributed by atoms with E-state index in [4.69, 9.17) is 9.73 Å². The van der Waals surface area contributed by atoms with Gasteiger partial charge in [0.1, 0.15) is 17.4 Å². The maximum atomic E-state index is 13.9. The molecule has 2 saturated heterocycles. The summed E-state index contributed by atoms with van der Waals surface area (Å²) in [6.07, 6.45) is 3.85. The quantitative estimate of drug-likeness (QED) is 0.506. The number of Topliss-reactive ketones (excluding diaryl/α,β-unsaturated/α-hetero) is 1. The van der Waals surface area contributed by atoms with Crippen LogP contribution in [0.2, 0.25) is 0 Å². The predicted octanol–water partition coefficient (Wildman–Crippen LogP) is 2.49. The normalized spacial score (nSPS) is 27.2. The number of hydrogen-bond donors (Lipinski definition) is 1. The number of carbonyl (C=O) groups excluding carboxylic acids is 2. The van der Waals surface area contributed by atoms with E-state index < -0.39 is 18.1 Å². The Morgan fingerprint density at radius 3 is 2.83 bits per heavy atom. The number of hydrogen-bond acceptors (Lipinski definition) is 9. The van der Waals surface area contributed by atoms with Crippen molar-refractivity contribution in [3.63, 3.8) is 0 Å². The predicted molar refractivity (Wildman–Crippen MR) is 151 cm³/mol. The molecule has 1 aliphatic carbocycles. The molecule has 41 heavy (non-hydrogen) atoms. The number of aromatic hydroxyl groups is 1. The van der Waals surface area contributed by atoms with Crippen molar-refractivity contribution in [2.75, 3.05) is 39.8 Å². The zero-order valence-corrected chi connectivity index (χ0v) is 23.3. The molecule has 1 aromatic rings. The van der Waals surface area contributed by atoms with Crippen molar-refractivity contribution in [1.29, 1.82) is 5.26 Å². The molecule has 1 amide bonds. The Morgan fingerprint density at radius 2 is 2.10 bits per heavy atom. The van der Waals surface area contributed by atoms with Gasteiger partial charge < -0.3 is 24.5 Å². The number of rotatable bonds is 7. The molecular weight excluding hydrogens is 527 g/mol. The number of phenolic OH excluding ortho intramolecular Hbond substituents is 1. The number of halogens is 1. The molecule has 4 atom stereocenters. The van der Waals surface area contributed by atoms with Crippen LogP contribution in [0.15, 0.2) is 40.8 Å². The molecule has 217 valence electrons. The summed E-state index contributed by atoms with van der Waals surface area (Å²) in [7, 11) is 2.06. The Morgan fingerprint density at radius 1 is 1.27 bits per heavy atom. The Labute approximate surface area is 239 Å². The summed E-state index contributed by atoms with van der Waals surface area (Å²) in [6.45, 7) is 6.27. The first-order valence-corrected chi connectivity index (χ1v) is 14.2. The number of amidine groups is 1. The topological polar surface area (TPSA) is 122 Å². The molecule has 1 saturated carbocycles. The van der Waals surface area contributed by atoms with Gasteiger partial charge in [-0.05, 0) is 75.5 Å². The molecule has 4 aliphatic rings. The van der Waals surface area contributed by atoms with Crippen LogP contribution in [0.3, 0.4) is 0 Å². The highest BCUT2D eigenvalue weighted by Gasteiger charge is 2.44. The van der Waals surface area contributed by atoms with E-state index in [1.54, 1.807) is 4.90 Å². The van der Waals surface area contributed by atoms with Crippen LogP contribution >= 0.6 is 0 Å². The van der Waals surface area contributed by atoms with E-state index in [0.717, 1.165) is 25.3 Å². The van der Waals surface area contributed by atoms with Crippen molar-refractivity contribution >= 4 is 23.2 Å². The largest absolute Gasteiger partial charge is 0.508 e. The number of likely N-dealkylation sites (N-methyl/N-ethyl adjacent to an activating group) is 1. The zero-order chi connectivity index (χ0) is 29.1. The second-order valence-electron chi connectivity index (χ2n) is 11.1. The van der Waals surface area contributed by atoms with E-state index in [9.17, 15) is 24.3 Å². The van der Waals surface area contributed by atoms with Crippen molar-refractivity contribution < 1.29 is 23.8 Å². The maximum absolute atomic E-state index is 13.9. The number of nitriles is 1. The maximum Gasteiger partial charge on any atom is 0.247 e. The highest BCUT2D eigenvalue weighted by molar-refractivity contribution is 6.52. The summed E-state index contributed by atoms with van der Waals surface area (Å²) in [4.78, 5) is 41.7. The second-order valence-corrected chi connectivity index (χ2v) is 11.1. The summed E-state index contributed by atoms with van der Waals surface area (Å²) in [5.41, 5.74) is 0.699. The highest BCUT2D eigenvalue weighted by Crippen LogP contribution is 2.35. The van der Waals surface area contributed by atoms with Gasteiger partial charge in [0.2, 0.25) is 12.3 Å². The van der Waals surface area contributed by atoms with E-state index in [1.807, 2.05) is 4.90 Å². The second kappa shape index (κ2) is 12.5. The van der Waals surface area contributed by atoms with Gasteiger partial charge in [0.05, 0.1) is 36.8 Å². The van der Waals surface area contributed by atoms with Gasteiger partial charge in [-0.2, -0.15) is 5.26 Å². The van der Waals surface area contributed by atoms with E-state index in [2.05, 4.69) is 29.6 Å². The zero-order valence-electron chi connectivity index (χ0n) is 23.3. The van der Waals surface area contributed by atoms with Crippen LogP contribution < -0.4 is 0 Å². The number of piperazine rings is 1. The van der Waals surface area contributed by atoms with E-state index >= 15 is 0 Å². The molecule has 1 N–H and O–H groups in total. The van der Waals surface area contributed by atoms with Crippen molar-refractivity contribution in [1.82, 2.24) is 14.7 Å². The SMILES string of the molecule is C=CC(=O)N1CCN(C2=NC(OCC3CCCN3C)N=C3[C]2CC[C@@H](Cc2cc(F)ccc2O)C3=O)CC1CC#N. The number of ketones is 1. The van der Waals surface area contributed by atoms with Gasteiger partial charge in [-0.3, -0.25) is 9.59 Å². The number of aliphatic imine (C=N–C) groups is 2. The molecule has 0 spiro atoms. The number of fused-ring (bicyclic) bond motifs is 1. The molecule has 1 aromatic carbocycles. The lowest BCUT2D eigenvalue weighted by atomic mass is 9.75. The van der Waals surface area contributed by atoms with Crippen molar-refractivity contribution in [3.8, 4) is 11.8 Å². The summed E-state index contributed by atoms with van der Waals surface area (Å²) in [5, 5.41) is 19.7. The van der Waals surface area contributed by atoms with Crippen molar-refractivity contribution in [2.45, 2.75) is 57.0 Å². The summed E-state index contributed by atoms with van der Waals surface area (Å²) >= 11 is 0. The van der Waals surface area contributed by atoms with Gasteiger partial charge >= 0.3 is 0 Å². The van der Waals surface area contributed by atoms with E-state index in [1.165, 1.54) is 24.3 Å². The van der Waals surface area contributed by atoms with Crippen LogP contribution in [0.5, 0.6) is 5.75 Å². The molecule has 3 fully saturated rings. The minimum absolute atomic E-state index is 0.0424. The first kappa shape index (κ1) is 28.9. The average molecular weight is 564 g/mol. The molecule has 5 rings (SSSR count). The highest BCUT2D eigenvalue weighted by atomic mass is 19.1. The van der Waals surface area contributed by atoms with Crippen LogP contribution in [0.25, 0.3) is 0 Å². The number of phenols is 1. The number of carbonyl (C=O) groups is 2. The number of amides is 1. The lowest BCUT2D eigenvalue weighted by molar-refractivity contribution is -0.130. The van der Waals surface area contributed by atoms with Gasteiger partial charge in [0.25, 0.3) is 0 Å². The van der Waals surface area contributed by atoms with Crippen LogP contribution in [-0.4, -0.2) is 101 Å². The molecule has 10 nitrogen and oxygen atoms in total. The number of nitrogens with zero attached hydrogens (tertiary/aromatic N) is 6. The number of ether oxygens (including phenoxy) is 1. The fourth-order valence-electron chi connectivity index (χ4n) is 6.24. The van der Waals surface area contributed by atoms with E-state index in [0.29, 0.717) is 56.2 Å². The Kier molecular flexibility index (Phi) is 8.80. The van der Waals surface area contributed by atoms with Crippen molar-refractivity contribution in [2.24, 2.45) is 15.9 Å². The van der Waals surface area contributed by atoms with Gasteiger partial charge in [0.15, 0.2) is 5.78 Å². The van der Waals surface area contributed by atoms with E-state index in [-0.39, 0.29) is 42.4 Å². The van der Waals surface area contributed by atoms with Gasteiger partial charge in [-0.25, -0.2) is 14.4 Å². The molecule has 11 heteroatoms. The first-order chi connectivity index (χ1) is 19.8. The summed E-state index contributed by atoms with van der Waals surface area (Å²) in [5.74, 6) is -0.0325. The van der Waals surface area contributed by atoms with Crippen molar-refractivity contribution in [3.05, 3.63) is 48.2 Å². The third-order valence-electron chi connectivity index (χ3n) is 8.56. The standard InChI is InChI=1S/C30H36FN6O4/c1-3-26(39)37-14-13-36(17-22(37)10-11-32)29-24-8-6-19(15-20-16-21(31)7-9-25(20)38)28(40)27(24)33-30(34-29)41-18-23-5-4-12-35(23)2/h3,7,9,16,19,22-23,30,38H,1,4-6,8,10,12-15,17-18H2,2H3/t19-,22?,23?,30?/m0/s1. The lowest BCUT2D eigenvalue weighted by Crippen LogP contribution is -2.58. The fourth-order valence-corrected chi connectivity index (χ4v) is 6.24. The van der Waals surface area contributed by atoms with Crippen LogP contribution in [0, 0.1) is 29.0 Å². The van der Waals surface area contributed by atoms with Gasteiger partial charge in [-0.15, -0.1) is 0 Å². The molecular formula is C30H36FN6O4. The Bertz CT molecular complexity index is 1290. The fraction of sp³-hybridized carbons (Fsp3) is 0.533. The summed E-state index contributed by atoms with van der Waals surface area (Å²) < 4.78 is 20.1. The molecule has 1 radical (unpaired) electrons. The molecule has 0 bridgehead atoms. The third-order valence-corrected chi connectivity index (χ3v) is 8.56. The Hall–Kier alpha value is -3.62. The first-order valence-electron chi connectivity index (χ1n) is 14.2. The molecule has 3 aliphatic heterocycles. The monoisotopic (exact) mass is 563 g/mol. The minimum atomic E-state index is -0.898.